The number of aromatic hydroxyl groups is 1. The highest BCUT2D eigenvalue weighted by Crippen LogP contribution is 2.34. The second-order valence-electron chi connectivity index (χ2n) is 7.21. The van der Waals surface area contributed by atoms with Gasteiger partial charge in [0.05, 0.1) is 12.3 Å². The molecule has 0 atom stereocenters. The van der Waals surface area contributed by atoms with Gasteiger partial charge in [0.2, 0.25) is 0 Å². The standard InChI is InChI=1S/C24H28N2O2/c1-4-28-23-8-6-5-7-21(23)19-15-22(18-9-11-20(27)12-10-18)26-24(16-19)25-14-13-17(2)3/h5-12,15-17,27H,4,13-14H2,1-3H3,(H,25,26). The molecule has 2 N–H and O–H groups in total. The predicted octanol–water partition coefficient (Wildman–Crippen LogP) is 5.98. The van der Waals surface area contributed by atoms with Crippen molar-refractivity contribution in [1.82, 2.24) is 4.98 Å². The van der Waals surface area contributed by atoms with Gasteiger partial charge in [-0.15, -0.1) is 0 Å². The Kier molecular flexibility index (Phi) is 6.53. The molecule has 0 radical (unpaired) electrons. The maximum atomic E-state index is 9.61. The number of phenolic OH excluding ortho intramolecular Hbond substituents is 1. The van der Waals surface area contributed by atoms with E-state index in [9.17, 15) is 5.11 Å². The van der Waals surface area contributed by atoms with E-state index in [0.717, 1.165) is 46.9 Å². The largest absolute Gasteiger partial charge is 0.508 e. The lowest BCUT2D eigenvalue weighted by Crippen LogP contribution is -2.07. The number of pyridine rings is 1. The molecule has 0 amide bonds. The number of benzene rings is 2. The molecule has 1 aromatic heterocycles. The summed E-state index contributed by atoms with van der Waals surface area (Å²) in [4.78, 5) is 4.80. The smallest absolute Gasteiger partial charge is 0.127 e. The van der Waals surface area contributed by atoms with Gasteiger partial charge in [0.15, 0.2) is 0 Å². The second kappa shape index (κ2) is 9.27. The first-order chi connectivity index (χ1) is 13.6. The summed E-state index contributed by atoms with van der Waals surface area (Å²) in [5.41, 5.74) is 3.91. The number of anilines is 1. The number of nitrogens with zero attached hydrogens (tertiary/aromatic N) is 1. The zero-order valence-corrected chi connectivity index (χ0v) is 16.8. The Bertz CT molecular complexity index is 905. The summed E-state index contributed by atoms with van der Waals surface area (Å²) in [7, 11) is 0. The maximum absolute atomic E-state index is 9.61. The van der Waals surface area contributed by atoms with Gasteiger partial charge < -0.3 is 15.2 Å². The predicted molar refractivity (Wildman–Crippen MR) is 116 cm³/mol. The summed E-state index contributed by atoms with van der Waals surface area (Å²) in [6, 6.07) is 19.3. The van der Waals surface area contributed by atoms with Crippen LogP contribution in [0.1, 0.15) is 27.2 Å². The van der Waals surface area contributed by atoms with Crippen LogP contribution in [0.2, 0.25) is 0 Å². The average Bonchev–Trinajstić information content (AvgIpc) is 2.69. The summed E-state index contributed by atoms with van der Waals surface area (Å²) in [6.45, 7) is 7.91. The minimum Gasteiger partial charge on any atom is -0.508 e. The Labute approximate surface area is 167 Å². The number of hydrogen-bond acceptors (Lipinski definition) is 4. The number of rotatable bonds is 8. The van der Waals surface area contributed by atoms with Gasteiger partial charge in [-0.05, 0) is 67.3 Å². The quantitative estimate of drug-likeness (QED) is 0.508. The SMILES string of the molecule is CCOc1ccccc1-c1cc(NCCC(C)C)nc(-c2ccc(O)cc2)c1. The maximum Gasteiger partial charge on any atom is 0.127 e. The molecule has 3 aromatic rings. The van der Waals surface area contributed by atoms with Crippen LogP contribution < -0.4 is 10.1 Å². The summed E-state index contributed by atoms with van der Waals surface area (Å²) in [6.07, 6.45) is 1.08. The molecule has 4 heteroatoms. The first-order valence-electron chi connectivity index (χ1n) is 9.84. The van der Waals surface area contributed by atoms with Crippen LogP contribution in [0, 0.1) is 5.92 Å². The Balaban J connectivity index is 2.03. The van der Waals surface area contributed by atoms with Crippen LogP contribution in [-0.2, 0) is 0 Å². The van der Waals surface area contributed by atoms with E-state index in [1.807, 2.05) is 37.3 Å². The molecule has 146 valence electrons. The summed E-state index contributed by atoms with van der Waals surface area (Å²) >= 11 is 0. The molecular formula is C24H28N2O2. The number of hydrogen-bond donors (Lipinski definition) is 2. The van der Waals surface area contributed by atoms with Gasteiger partial charge in [0.25, 0.3) is 0 Å². The van der Waals surface area contributed by atoms with Gasteiger partial charge in [-0.1, -0.05) is 32.0 Å². The van der Waals surface area contributed by atoms with Gasteiger partial charge in [-0.3, -0.25) is 0 Å². The van der Waals surface area contributed by atoms with E-state index < -0.39 is 0 Å². The summed E-state index contributed by atoms with van der Waals surface area (Å²) in [5, 5.41) is 13.1. The van der Waals surface area contributed by atoms with Crippen LogP contribution >= 0.6 is 0 Å². The van der Waals surface area contributed by atoms with Crippen LogP contribution in [0.5, 0.6) is 11.5 Å². The fourth-order valence-corrected chi connectivity index (χ4v) is 3.03. The number of aromatic nitrogens is 1. The molecule has 0 saturated heterocycles. The monoisotopic (exact) mass is 376 g/mol. The van der Waals surface area contributed by atoms with Crippen LogP contribution in [0.3, 0.4) is 0 Å². The third-order valence-corrected chi connectivity index (χ3v) is 4.51. The highest BCUT2D eigenvalue weighted by Gasteiger charge is 2.11. The van der Waals surface area contributed by atoms with E-state index in [-0.39, 0.29) is 5.75 Å². The molecule has 2 aromatic carbocycles. The van der Waals surface area contributed by atoms with E-state index in [1.165, 1.54) is 0 Å². The molecule has 0 unspecified atom stereocenters. The third-order valence-electron chi connectivity index (χ3n) is 4.51. The Hall–Kier alpha value is -3.01. The molecule has 0 spiro atoms. The third kappa shape index (κ3) is 5.03. The van der Waals surface area contributed by atoms with E-state index in [0.29, 0.717) is 12.5 Å². The molecule has 0 saturated carbocycles. The molecular weight excluding hydrogens is 348 g/mol. The Morgan fingerprint density at radius 1 is 1.00 bits per heavy atom. The van der Waals surface area contributed by atoms with Crippen LogP contribution in [0.4, 0.5) is 5.82 Å². The average molecular weight is 377 g/mol. The summed E-state index contributed by atoms with van der Waals surface area (Å²) < 4.78 is 5.83. The normalized spacial score (nSPS) is 10.9. The van der Waals surface area contributed by atoms with Crippen molar-refractivity contribution in [3.63, 3.8) is 0 Å². The lowest BCUT2D eigenvalue weighted by molar-refractivity contribution is 0.341. The van der Waals surface area contributed by atoms with Crippen molar-refractivity contribution < 1.29 is 9.84 Å². The lowest BCUT2D eigenvalue weighted by atomic mass is 10.0. The molecule has 3 rings (SSSR count). The molecule has 0 bridgehead atoms. The van der Waals surface area contributed by atoms with Gasteiger partial charge in [0, 0.05) is 17.7 Å². The Morgan fingerprint density at radius 2 is 1.75 bits per heavy atom. The molecule has 28 heavy (non-hydrogen) atoms. The van der Waals surface area contributed by atoms with Gasteiger partial charge in [-0.25, -0.2) is 4.98 Å². The van der Waals surface area contributed by atoms with Crippen LogP contribution in [-0.4, -0.2) is 23.2 Å². The zero-order valence-electron chi connectivity index (χ0n) is 16.8. The van der Waals surface area contributed by atoms with E-state index in [4.69, 9.17) is 9.72 Å². The van der Waals surface area contributed by atoms with Crippen molar-refractivity contribution in [3.8, 4) is 33.9 Å². The number of ether oxygens (including phenoxy) is 1. The second-order valence-corrected chi connectivity index (χ2v) is 7.21. The topological polar surface area (TPSA) is 54.4 Å². The van der Waals surface area contributed by atoms with E-state index >= 15 is 0 Å². The molecule has 1 heterocycles. The zero-order chi connectivity index (χ0) is 19.9. The van der Waals surface area contributed by atoms with Crippen molar-refractivity contribution in [2.75, 3.05) is 18.5 Å². The van der Waals surface area contributed by atoms with Crippen LogP contribution in [0.25, 0.3) is 22.4 Å². The van der Waals surface area contributed by atoms with E-state index in [2.05, 4.69) is 37.4 Å². The lowest BCUT2D eigenvalue weighted by Gasteiger charge is -2.14. The molecule has 0 aliphatic rings. The van der Waals surface area contributed by atoms with Crippen molar-refractivity contribution in [2.24, 2.45) is 5.92 Å². The highest BCUT2D eigenvalue weighted by molar-refractivity contribution is 5.77. The number of nitrogens with one attached hydrogen (secondary N) is 1. The first-order valence-corrected chi connectivity index (χ1v) is 9.84. The molecule has 0 aliphatic carbocycles. The number of phenols is 1. The van der Waals surface area contributed by atoms with Gasteiger partial charge in [0.1, 0.15) is 17.3 Å². The van der Waals surface area contributed by atoms with E-state index in [1.54, 1.807) is 12.1 Å². The number of para-hydroxylation sites is 1. The van der Waals surface area contributed by atoms with Gasteiger partial charge >= 0.3 is 0 Å². The highest BCUT2D eigenvalue weighted by atomic mass is 16.5. The molecule has 0 aliphatic heterocycles. The van der Waals surface area contributed by atoms with Crippen molar-refractivity contribution >= 4 is 5.82 Å². The first kappa shape index (κ1) is 19.7. The fraction of sp³-hybridized carbons (Fsp3) is 0.292. The van der Waals surface area contributed by atoms with Crippen molar-refractivity contribution in [2.45, 2.75) is 27.2 Å². The van der Waals surface area contributed by atoms with Crippen molar-refractivity contribution in [1.29, 1.82) is 0 Å². The molecule has 4 nitrogen and oxygen atoms in total. The fourth-order valence-electron chi connectivity index (χ4n) is 3.03. The summed E-state index contributed by atoms with van der Waals surface area (Å²) in [5.74, 6) is 2.58. The minimum atomic E-state index is 0.247. The van der Waals surface area contributed by atoms with Crippen LogP contribution in [0.15, 0.2) is 60.7 Å². The van der Waals surface area contributed by atoms with Gasteiger partial charge in [-0.2, -0.15) is 0 Å². The minimum absolute atomic E-state index is 0.247. The van der Waals surface area contributed by atoms with Crippen molar-refractivity contribution in [3.05, 3.63) is 60.7 Å². The Morgan fingerprint density at radius 3 is 2.46 bits per heavy atom. The molecule has 0 fully saturated rings.